The molecule has 2 aromatic rings. The van der Waals surface area contributed by atoms with Crippen LogP contribution >= 0.6 is 0 Å². The minimum absolute atomic E-state index is 0.101. The molecule has 1 aromatic carbocycles. The zero-order chi connectivity index (χ0) is 12.6. The van der Waals surface area contributed by atoms with Gasteiger partial charge in [-0.3, -0.25) is 0 Å². The monoisotopic (exact) mass is 235 g/mol. The van der Waals surface area contributed by atoms with E-state index >= 15 is 0 Å². The molecule has 1 unspecified atom stereocenters. The maximum Gasteiger partial charge on any atom is 0.151 e. The second-order valence-corrected chi connectivity index (χ2v) is 4.55. The quantitative estimate of drug-likeness (QED) is 0.886. The Labute approximate surface area is 101 Å². The predicted octanol–water partition coefficient (Wildman–Crippen LogP) is 3.04. The summed E-state index contributed by atoms with van der Waals surface area (Å²) >= 11 is 0. The van der Waals surface area contributed by atoms with Gasteiger partial charge in [-0.15, -0.1) is 0 Å². The number of hydrogen-bond acceptors (Lipinski definition) is 2. The summed E-state index contributed by atoms with van der Waals surface area (Å²) < 4.78 is 15.8. The number of halogens is 1. The highest BCUT2D eigenvalue weighted by molar-refractivity contribution is 5.77. The fraction of sp³-hybridized carbons (Fsp3) is 0.462. The molecular weight excluding hydrogens is 217 g/mol. The maximum absolute atomic E-state index is 13.7. The molecule has 0 saturated heterocycles. The Balaban J connectivity index is 2.75. The lowest BCUT2D eigenvalue weighted by molar-refractivity contribution is 0.520. The Hall–Kier alpha value is -1.42. The van der Waals surface area contributed by atoms with Gasteiger partial charge in [-0.2, -0.15) is 0 Å². The van der Waals surface area contributed by atoms with Gasteiger partial charge in [-0.1, -0.05) is 6.07 Å². The molecule has 0 radical (unpaired) electrons. The second-order valence-electron chi connectivity index (χ2n) is 4.55. The molecule has 0 amide bonds. The van der Waals surface area contributed by atoms with Gasteiger partial charge in [-0.05, 0) is 40.0 Å². The summed E-state index contributed by atoms with van der Waals surface area (Å²) in [7, 11) is 1.88. The summed E-state index contributed by atoms with van der Waals surface area (Å²) in [6.45, 7) is 6.19. The van der Waals surface area contributed by atoms with Crippen molar-refractivity contribution in [1.82, 2.24) is 14.9 Å². The maximum atomic E-state index is 13.7. The Morgan fingerprint density at radius 2 is 2.00 bits per heavy atom. The summed E-state index contributed by atoms with van der Waals surface area (Å²) in [5, 5.41) is 3.15. The average molecular weight is 235 g/mol. The molecule has 1 atom stereocenters. The van der Waals surface area contributed by atoms with E-state index in [1.807, 2.05) is 20.0 Å². The van der Waals surface area contributed by atoms with Crippen LogP contribution in [0.4, 0.5) is 4.39 Å². The molecule has 2 rings (SSSR count). The predicted molar refractivity (Wildman–Crippen MR) is 67.6 cm³/mol. The van der Waals surface area contributed by atoms with Gasteiger partial charge in [0.1, 0.15) is 11.3 Å². The van der Waals surface area contributed by atoms with Crippen LogP contribution in [0, 0.1) is 5.82 Å². The summed E-state index contributed by atoms with van der Waals surface area (Å²) in [6.07, 6.45) is 0. The number of fused-ring (bicyclic) bond motifs is 1. The molecule has 0 bridgehead atoms. The van der Waals surface area contributed by atoms with E-state index in [2.05, 4.69) is 28.7 Å². The van der Waals surface area contributed by atoms with E-state index in [4.69, 9.17) is 0 Å². The second kappa shape index (κ2) is 4.45. The summed E-state index contributed by atoms with van der Waals surface area (Å²) in [6, 6.07) is 5.45. The van der Waals surface area contributed by atoms with Crippen molar-refractivity contribution in [3.63, 3.8) is 0 Å². The average Bonchev–Trinajstić information content (AvgIpc) is 2.68. The van der Waals surface area contributed by atoms with Crippen LogP contribution in [0.2, 0.25) is 0 Å². The Bertz CT molecular complexity index is 531. The number of benzene rings is 1. The normalized spacial score (nSPS) is 13.5. The van der Waals surface area contributed by atoms with E-state index in [0.717, 1.165) is 11.3 Å². The lowest BCUT2D eigenvalue weighted by Gasteiger charge is -2.16. The fourth-order valence-corrected chi connectivity index (χ4v) is 2.08. The van der Waals surface area contributed by atoms with E-state index in [1.54, 1.807) is 6.07 Å². The number of rotatable bonds is 3. The standard InChI is InChI=1S/C13H18FN3/c1-8(2)17-11-7-5-6-10(14)12(11)16-13(17)9(3)15-4/h5-9,15H,1-4H3. The first-order valence-electron chi connectivity index (χ1n) is 5.90. The SMILES string of the molecule is CNC(C)c1nc2c(F)cccc2n1C(C)C. The number of nitrogens with one attached hydrogen (secondary N) is 1. The number of hydrogen-bond donors (Lipinski definition) is 1. The Morgan fingerprint density at radius 1 is 1.29 bits per heavy atom. The zero-order valence-electron chi connectivity index (χ0n) is 10.7. The summed E-state index contributed by atoms with van der Waals surface area (Å²) in [5.74, 6) is 0.619. The molecule has 4 heteroatoms. The Kier molecular flexibility index (Phi) is 3.15. The van der Waals surface area contributed by atoms with Gasteiger partial charge in [0.15, 0.2) is 5.82 Å². The van der Waals surface area contributed by atoms with Crippen molar-refractivity contribution >= 4 is 11.0 Å². The van der Waals surface area contributed by atoms with E-state index < -0.39 is 0 Å². The van der Waals surface area contributed by atoms with Crippen LogP contribution in [0.5, 0.6) is 0 Å². The molecular formula is C13H18FN3. The third kappa shape index (κ3) is 1.93. The smallest absolute Gasteiger partial charge is 0.151 e. The van der Waals surface area contributed by atoms with Crippen molar-refractivity contribution in [2.45, 2.75) is 32.9 Å². The van der Waals surface area contributed by atoms with Crippen molar-refractivity contribution in [3.05, 3.63) is 29.8 Å². The van der Waals surface area contributed by atoms with Crippen molar-refractivity contribution in [2.24, 2.45) is 0 Å². The minimum atomic E-state index is -0.258. The molecule has 0 aliphatic carbocycles. The molecule has 17 heavy (non-hydrogen) atoms. The molecule has 1 heterocycles. The van der Waals surface area contributed by atoms with Gasteiger partial charge in [0.25, 0.3) is 0 Å². The van der Waals surface area contributed by atoms with Gasteiger partial charge in [0.2, 0.25) is 0 Å². The van der Waals surface area contributed by atoms with Gasteiger partial charge in [-0.25, -0.2) is 9.37 Å². The van der Waals surface area contributed by atoms with Crippen LogP contribution in [0.3, 0.4) is 0 Å². The number of imidazole rings is 1. The summed E-state index contributed by atoms with van der Waals surface area (Å²) in [4.78, 5) is 4.43. The highest BCUT2D eigenvalue weighted by Gasteiger charge is 2.18. The third-order valence-corrected chi connectivity index (χ3v) is 3.03. The van der Waals surface area contributed by atoms with E-state index in [1.165, 1.54) is 6.07 Å². The van der Waals surface area contributed by atoms with Crippen LogP contribution in [0.25, 0.3) is 11.0 Å². The molecule has 0 saturated carbocycles. The number of nitrogens with zero attached hydrogens (tertiary/aromatic N) is 2. The number of para-hydroxylation sites is 1. The van der Waals surface area contributed by atoms with Crippen molar-refractivity contribution < 1.29 is 4.39 Å². The minimum Gasteiger partial charge on any atom is -0.324 e. The first-order valence-corrected chi connectivity index (χ1v) is 5.90. The van der Waals surface area contributed by atoms with E-state index in [-0.39, 0.29) is 17.9 Å². The van der Waals surface area contributed by atoms with Crippen LogP contribution < -0.4 is 5.32 Å². The molecule has 1 aromatic heterocycles. The molecule has 3 nitrogen and oxygen atoms in total. The van der Waals surface area contributed by atoms with Crippen molar-refractivity contribution in [3.8, 4) is 0 Å². The molecule has 92 valence electrons. The summed E-state index contributed by atoms with van der Waals surface area (Å²) in [5.41, 5.74) is 1.32. The fourth-order valence-electron chi connectivity index (χ4n) is 2.08. The molecule has 0 fully saturated rings. The van der Waals surface area contributed by atoms with Gasteiger partial charge in [0, 0.05) is 6.04 Å². The number of aromatic nitrogens is 2. The van der Waals surface area contributed by atoms with Gasteiger partial charge in [0.05, 0.1) is 11.6 Å². The zero-order valence-corrected chi connectivity index (χ0v) is 10.7. The molecule has 0 spiro atoms. The van der Waals surface area contributed by atoms with Gasteiger partial charge < -0.3 is 9.88 Å². The van der Waals surface area contributed by atoms with Crippen LogP contribution in [0.1, 0.15) is 38.7 Å². The van der Waals surface area contributed by atoms with E-state index in [0.29, 0.717) is 5.52 Å². The van der Waals surface area contributed by atoms with Crippen LogP contribution in [-0.4, -0.2) is 16.6 Å². The highest BCUT2D eigenvalue weighted by atomic mass is 19.1. The van der Waals surface area contributed by atoms with Crippen LogP contribution in [-0.2, 0) is 0 Å². The van der Waals surface area contributed by atoms with E-state index in [9.17, 15) is 4.39 Å². The third-order valence-electron chi connectivity index (χ3n) is 3.03. The lowest BCUT2D eigenvalue weighted by Crippen LogP contribution is -2.18. The van der Waals surface area contributed by atoms with Gasteiger partial charge >= 0.3 is 0 Å². The lowest BCUT2D eigenvalue weighted by atomic mass is 10.2. The van der Waals surface area contributed by atoms with Crippen LogP contribution in [0.15, 0.2) is 18.2 Å². The topological polar surface area (TPSA) is 29.9 Å². The van der Waals surface area contributed by atoms with Crippen molar-refractivity contribution in [2.75, 3.05) is 7.05 Å². The molecule has 1 N–H and O–H groups in total. The first kappa shape index (κ1) is 12.0. The largest absolute Gasteiger partial charge is 0.324 e. The first-order chi connectivity index (χ1) is 8.06. The Morgan fingerprint density at radius 3 is 2.59 bits per heavy atom. The molecule has 0 aliphatic rings. The highest BCUT2D eigenvalue weighted by Crippen LogP contribution is 2.26. The van der Waals surface area contributed by atoms with Crippen molar-refractivity contribution in [1.29, 1.82) is 0 Å². The molecule has 0 aliphatic heterocycles.